The van der Waals surface area contributed by atoms with E-state index < -0.39 is 0 Å². The topological polar surface area (TPSA) is 52.6 Å². The first-order valence-corrected chi connectivity index (χ1v) is 6.89. The van der Waals surface area contributed by atoms with Gasteiger partial charge in [-0.25, -0.2) is 0 Å². The lowest BCUT2D eigenvalue weighted by atomic mass is 10.1. The highest BCUT2D eigenvalue weighted by Gasteiger charge is 2.22. The highest BCUT2D eigenvalue weighted by molar-refractivity contribution is 5.93. The summed E-state index contributed by atoms with van der Waals surface area (Å²) >= 11 is 0. The predicted molar refractivity (Wildman–Crippen MR) is 76.3 cm³/mol. The van der Waals surface area contributed by atoms with Crippen molar-refractivity contribution in [2.75, 3.05) is 25.0 Å². The number of carbonyl (C=O) groups is 1. The average Bonchev–Trinajstić information content (AvgIpc) is 2.77. The number of β-amino-alcohol motifs (C(OH)–C–C–N with tert-alkyl or cyclic N) is 1. The van der Waals surface area contributed by atoms with Crippen LogP contribution in [0.5, 0.6) is 0 Å². The SMILES string of the molecule is CCc1cccc(C)c1NC(=O)CN1CC[C@@H](O)C1. The molecule has 1 heterocycles. The van der Waals surface area contributed by atoms with Crippen LogP contribution in [0.15, 0.2) is 18.2 Å². The van der Waals surface area contributed by atoms with Crippen molar-refractivity contribution in [3.05, 3.63) is 29.3 Å². The lowest BCUT2D eigenvalue weighted by Gasteiger charge is -2.17. The highest BCUT2D eigenvalue weighted by Crippen LogP contribution is 2.21. The number of hydrogen-bond acceptors (Lipinski definition) is 3. The summed E-state index contributed by atoms with van der Waals surface area (Å²) in [6.07, 6.45) is 1.38. The number of anilines is 1. The summed E-state index contributed by atoms with van der Waals surface area (Å²) in [6.45, 7) is 5.84. The Kier molecular flexibility index (Phi) is 4.56. The second kappa shape index (κ2) is 6.17. The molecule has 1 aromatic carbocycles. The van der Waals surface area contributed by atoms with Crippen molar-refractivity contribution in [3.63, 3.8) is 0 Å². The van der Waals surface area contributed by atoms with Crippen LogP contribution in [0.1, 0.15) is 24.5 Å². The molecule has 0 unspecified atom stereocenters. The van der Waals surface area contributed by atoms with Gasteiger partial charge in [0.1, 0.15) is 0 Å². The quantitative estimate of drug-likeness (QED) is 0.866. The van der Waals surface area contributed by atoms with E-state index in [4.69, 9.17) is 0 Å². The van der Waals surface area contributed by atoms with Crippen LogP contribution < -0.4 is 5.32 Å². The molecule has 0 bridgehead atoms. The van der Waals surface area contributed by atoms with Crippen LogP contribution >= 0.6 is 0 Å². The van der Waals surface area contributed by atoms with Crippen molar-refractivity contribution < 1.29 is 9.90 Å². The molecule has 1 aliphatic heterocycles. The molecule has 1 atom stereocenters. The van der Waals surface area contributed by atoms with Gasteiger partial charge >= 0.3 is 0 Å². The molecule has 1 saturated heterocycles. The maximum absolute atomic E-state index is 12.1. The maximum atomic E-state index is 12.1. The Morgan fingerprint density at radius 2 is 2.32 bits per heavy atom. The molecule has 1 aliphatic rings. The van der Waals surface area contributed by atoms with Crippen molar-refractivity contribution in [2.24, 2.45) is 0 Å². The van der Waals surface area contributed by atoms with Gasteiger partial charge in [0.25, 0.3) is 0 Å². The van der Waals surface area contributed by atoms with Crippen molar-refractivity contribution in [1.82, 2.24) is 4.90 Å². The van der Waals surface area contributed by atoms with E-state index in [1.54, 1.807) is 0 Å². The molecular weight excluding hydrogens is 240 g/mol. The minimum atomic E-state index is -0.280. The monoisotopic (exact) mass is 262 g/mol. The number of nitrogens with zero attached hydrogens (tertiary/aromatic N) is 1. The molecule has 1 aromatic rings. The molecule has 0 spiro atoms. The summed E-state index contributed by atoms with van der Waals surface area (Å²) < 4.78 is 0. The van der Waals surface area contributed by atoms with E-state index in [1.807, 2.05) is 30.0 Å². The minimum absolute atomic E-state index is 0.00176. The van der Waals surface area contributed by atoms with Crippen LogP contribution in [0, 0.1) is 6.92 Å². The van der Waals surface area contributed by atoms with Crippen molar-refractivity contribution in [2.45, 2.75) is 32.8 Å². The summed E-state index contributed by atoms with van der Waals surface area (Å²) in [5, 5.41) is 12.5. The second-order valence-corrected chi connectivity index (χ2v) is 5.19. The number of nitrogens with one attached hydrogen (secondary N) is 1. The van der Waals surface area contributed by atoms with Crippen molar-refractivity contribution in [1.29, 1.82) is 0 Å². The summed E-state index contributed by atoms with van der Waals surface area (Å²) in [5.41, 5.74) is 3.19. The first-order valence-electron chi connectivity index (χ1n) is 6.89. The van der Waals surface area contributed by atoms with E-state index in [1.165, 1.54) is 0 Å². The molecule has 4 heteroatoms. The number of benzene rings is 1. The molecule has 1 amide bonds. The Balaban J connectivity index is 1.99. The van der Waals surface area contributed by atoms with Gasteiger partial charge in [-0.1, -0.05) is 25.1 Å². The molecule has 0 aromatic heterocycles. The fraction of sp³-hybridized carbons (Fsp3) is 0.533. The number of likely N-dealkylation sites (tertiary alicyclic amines) is 1. The first-order chi connectivity index (χ1) is 9.10. The summed E-state index contributed by atoms with van der Waals surface area (Å²) in [5.74, 6) is -0.00176. The number of aliphatic hydroxyl groups excluding tert-OH is 1. The molecule has 0 saturated carbocycles. The molecule has 19 heavy (non-hydrogen) atoms. The highest BCUT2D eigenvalue weighted by atomic mass is 16.3. The lowest BCUT2D eigenvalue weighted by molar-refractivity contribution is -0.117. The Bertz CT molecular complexity index is 459. The Hall–Kier alpha value is -1.39. The molecule has 0 radical (unpaired) electrons. The summed E-state index contributed by atoms with van der Waals surface area (Å²) in [4.78, 5) is 14.1. The third kappa shape index (κ3) is 3.55. The Labute approximate surface area is 114 Å². The Morgan fingerprint density at radius 1 is 1.53 bits per heavy atom. The molecule has 2 N–H and O–H groups in total. The number of aryl methyl sites for hydroxylation is 2. The van der Waals surface area contributed by atoms with Crippen LogP contribution in [0.2, 0.25) is 0 Å². The van der Waals surface area contributed by atoms with E-state index in [9.17, 15) is 9.90 Å². The number of rotatable bonds is 4. The molecule has 104 valence electrons. The van der Waals surface area contributed by atoms with Gasteiger partial charge in [-0.2, -0.15) is 0 Å². The molecule has 4 nitrogen and oxygen atoms in total. The fourth-order valence-electron chi connectivity index (χ4n) is 2.54. The zero-order valence-electron chi connectivity index (χ0n) is 11.6. The Morgan fingerprint density at radius 3 is 2.95 bits per heavy atom. The first kappa shape index (κ1) is 14.0. The van der Waals surface area contributed by atoms with Gasteiger partial charge in [-0.15, -0.1) is 0 Å². The van der Waals surface area contributed by atoms with Gasteiger partial charge in [0.2, 0.25) is 5.91 Å². The predicted octanol–water partition coefficient (Wildman–Crippen LogP) is 1.56. The smallest absolute Gasteiger partial charge is 0.238 e. The molecular formula is C15H22N2O2. The van der Waals surface area contributed by atoms with E-state index in [2.05, 4.69) is 12.2 Å². The average molecular weight is 262 g/mol. The zero-order chi connectivity index (χ0) is 13.8. The third-order valence-electron chi connectivity index (χ3n) is 3.62. The van der Waals surface area contributed by atoms with Gasteiger partial charge < -0.3 is 10.4 Å². The standard InChI is InChI=1S/C15H22N2O2/c1-3-12-6-4-5-11(2)15(12)16-14(19)10-17-8-7-13(18)9-17/h4-6,13,18H,3,7-10H2,1-2H3,(H,16,19)/t13-/m1/s1. The van der Waals surface area contributed by atoms with Gasteiger partial charge in [-0.3, -0.25) is 9.69 Å². The summed E-state index contributed by atoms with van der Waals surface area (Å²) in [6, 6.07) is 6.07. The van der Waals surface area contributed by atoms with Gasteiger partial charge in [0.15, 0.2) is 0 Å². The lowest BCUT2D eigenvalue weighted by Crippen LogP contribution is -2.32. The van der Waals surface area contributed by atoms with E-state index in [-0.39, 0.29) is 12.0 Å². The molecule has 2 rings (SSSR count). The van der Waals surface area contributed by atoms with Crippen LogP contribution in [-0.2, 0) is 11.2 Å². The van der Waals surface area contributed by atoms with E-state index >= 15 is 0 Å². The van der Waals surface area contributed by atoms with Gasteiger partial charge in [-0.05, 0) is 30.9 Å². The van der Waals surface area contributed by atoms with Gasteiger partial charge in [0, 0.05) is 18.8 Å². The van der Waals surface area contributed by atoms with E-state index in [0.717, 1.165) is 36.2 Å². The molecule has 0 aliphatic carbocycles. The third-order valence-corrected chi connectivity index (χ3v) is 3.62. The van der Waals surface area contributed by atoms with Crippen LogP contribution in [0.25, 0.3) is 0 Å². The van der Waals surface area contributed by atoms with Crippen molar-refractivity contribution >= 4 is 11.6 Å². The maximum Gasteiger partial charge on any atom is 0.238 e. The number of aliphatic hydroxyl groups is 1. The minimum Gasteiger partial charge on any atom is -0.392 e. The number of amides is 1. The van der Waals surface area contributed by atoms with E-state index in [0.29, 0.717) is 13.1 Å². The normalized spacial score (nSPS) is 19.6. The van der Waals surface area contributed by atoms with Gasteiger partial charge in [0.05, 0.1) is 12.6 Å². The largest absolute Gasteiger partial charge is 0.392 e. The number of carbonyl (C=O) groups excluding carboxylic acids is 1. The van der Waals surface area contributed by atoms with Crippen LogP contribution in [0.4, 0.5) is 5.69 Å². The number of hydrogen-bond donors (Lipinski definition) is 2. The molecule has 1 fully saturated rings. The second-order valence-electron chi connectivity index (χ2n) is 5.19. The van der Waals surface area contributed by atoms with Crippen molar-refractivity contribution in [3.8, 4) is 0 Å². The van der Waals surface area contributed by atoms with Crippen LogP contribution in [0.3, 0.4) is 0 Å². The summed E-state index contributed by atoms with van der Waals surface area (Å²) in [7, 11) is 0. The number of para-hydroxylation sites is 1. The zero-order valence-corrected chi connectivity index (χ0v) is 11.6. The van der Waals surface area contributed by atoms with Crippen LogP contribution in [-0.4, -0.2) is 41.7 Å². The fourth-order valence-corrected chi connectivity index (χ4v) is 2.54.